The molecule has 0 bridgehead atoms. The maximum Gasteiger partial charge on any atom is 0.163 e. The number of halogens is 1. The van der Waals surface area contributed by atoms with Gasteiger partial charge in [0.05, 0.1) is 0 Å². The van der Waals surface area contributed by atoms with Crippen molar-refractivity contribution in [1.82, 2.24) is 0 Å². The second-order valence-electron chi connectivity index (χ2n) is 2.91. The molecule has 1 aromatic rings. The van der Waals surface area contributed by atoms with E-state index in [4.69, 9.17) is 5.73 Å². The van der Waals surface area contributed by atoms with Crippen LogP contribution in [0.1, 0.15) is 22.3 Å². The summed E-state index contributed by atoms with van der Waals surface area (Å²) in [7, 11) is 0. The summed E-state index contributed by atoms with van der Waals surface area (Å²) in [5.41, 5.74) is 8.33. The monoisotopic (exact) mass is 225 g/mol. The fourth-order valence-corrected chi connectivity index (χ4v) is 1.91. The molecule has 0 heterocycles. The van der Waals surface area contributed by atoms with Gasteiger partial charge in [0.1, 0.15) is 0 Å². The van der Waals surface area contributed by atoms with Crippen molar-refractivity contribution >= 4 is 27.4 Å². The molecule has 1 aromatic carbocycles. The van der Waals surface area contributed by atoms with Crippen molar-refractivity contribution in [3.05, 3.63) is 27.7 Å². The molecule has 0 amide bonds. The number of nitrogen functional groups attached to an aromatic ring is 1. The van der Waals surface area contributed by atoms with E-state index in [0.29, 0.717) is 6.42 Å². The van der Waals surface area contributed by atoms with Crippen LogP contribution in [0.25, 0.3) is 0 Å². The highest BCUT2D eigenvalue weighted by molar-refractivity contribution is 9.10. The van der Waals surface area contributed by atoms with E-state index in [-0.39, 0.29) is 5.78 Å². The lowest BCUT2D eigenvalue weighted by molar-refractivity contribution is 0.0994. The largest absolute Gasteiger partial charge is 0.398 e. The van der Waals surface area contributed by atoms with Gasteiger partial charge in [-0.05, 0) is 40.0 Å². The topological polar surface area (TPSA) is 43.1 Å². The van der Waals surface area contributed by atoms with E-state index in [1.165, 1.54) is 0 Å². The smallest absolute Gasteiger partial charge is 0.163 e. The van der Waals surface area contributed by atoms with E-state index in [9.17, 15) is 4.79 Å². The first-order valence-corrected chi connectivity index (χ1v) is 4.59. The molecule has 2 rings (SSSR count). The zero-order valence-corrected chi connectivity index (χ0v) is 8.02. The highest BCUT2D eigenvalue weighted by atomic mass is 79.9. The van der Waals surface area contributed by atoms with E-state index >= 15 is 0 Å². The number of anilines is 1. The minimum Gasteiger partial charge on any atom is -0.398 e. The van der Waals surface area contributed by atoms with Crippen LogP contribution >= 0.6 is 15.9 Å². The van der Waals surface area contributed by atoms with Crippen LogP contribution in [0.15, 0.2) is 16.6 Å². The van der Waals surface area contributed by atoms with Gasteiger partial charge in [-0.1, -0.05) is 0 Å². The summed E-state index contributed by atoms with van der Waals surface area (Å²) in [4.78, 5) is 11.3. The second kappa shape index (κ2) is 2.59. The molecule has 0 atom stereocenters. The Morgan fingerprint density at radius 1 is 1.33 bits per heavy atom. The number of benzene rings is 1. The summed E-state index contributed by atoms with van der Waals surface area (Å²) in [6.45, 7) is 0. The Labute approximate surface area is 78.9 Å². The van der Waals surface area contributed by atoms with Gasteiger partial charge in [-0.2, -0.15) is 0 Å². The summed E-state index contributed by atoms with van der Waals surface area (Å²) < 4.78 is 0.885. The van der Waals surface area contributed by atoms with Crippen LogP contribution in [0.2, 0.25) is 0 Å². The van der Waals surface area contributed by atoms with Gasteiger partial charge in [0.2, 0.25) is 0 Å². The predicted molar refractivity (Wildman–Crippen MR) is 51.2 cm³/mol. The van der Waals surface area contributed by atoms with Gasteiger partial charge in [0.25, 0.3) is 0 Å². The number of hydrogen-bond acceptors (Lipinski definition) is 2. The fraction of sp³-hybridized carbons (Fsp3) is 0.222. The highest BCUT2D eigenvalue weighted by Gasteiger charge is 2.21. The molecule has 0 saturated heterocycles. The molecule has 0 aromatic heterocycles. The molecule has 2 nitrogen and oxygen atoms in total. The van der Waals surface area contributed by atoms with E-state index < -0.39 is 0 Å². The Kier molecular flexibility index (Phi) is 1.68. The lowest BCUT2D eigenvalue weighted by atomic mass is 10.1. The maximum absolute atomic E-state index is 11.3. The minimum absolute atomic E-state index is 0.212. The number of carbonyl (C=O) groups excluding carboxylic acids is 1. The molecule has 0 aliphatic heterocycles. The first kappa shape index (κ1) is 7.80. The normalized spacial score (nSPS) is 14.9. The summed E-state index contributed by atoms with van der Waals surface area (Å²) >= 11 is 3.33. The van der Waals surface area contributed by atoms with Crippen molar-refractivity contribution in [2.75, 3.05) is 5.73 Å². The Morgan fingerprint density at radius 2 is 2.08 bits per heavy atom. The minimum atomic E-state index is 0.212. The quantitative estimate of drug-likeness (QED) is 0.689. The number of rotatable bonds is 0. The zero-order valence-electron chi connectivity index (χ0n) is 6.43. The molecule has 62 valence electrons. The maximum atomic E-state index is 11.3. The Morgan fingerprint density at radius 3 is 2.83 bits per heavy atom. The Hall–Kier alpha value is -0.830. The number of carbonyl (C=O) groups is 1. The van der Waals surface area contributed by atoms with E-state index in [0.717, 1.165) is 27.7 Å². The molecule has 0 saturated carbocycles. The van der Waals surface area contributed by atoms with E-state index in [1.54, 1.807) is 0 Å². The molecular weight excluding hydrogens is 218 g/mol. The SMILES string of the molecule is Nc1c(Br)ccc2c1CCC2=O. The number of fused-ring (bicyclic) bond motifs is 1. The van der Waals surface area contributed by atoms with Crippen LogP contribution in [0.5, 0.6) is 0 Å². The fourth-order valence-electron chi connectivity index (χ4n) is 1.54. The Balaban J connectivity index is 2.68. The average Bonchev–Trinajstić information content (AvgIpc) is 2.41. The summed E-state index contributed by atoms with van der Waals surface area (Å²) in [6.07, 6.45) is 1.40. The molecule has 1 aliphatic carbocycles. The van der Waals surface area contributed by atoms with Gasteiger partial charge in [0.15, 0.2) is 5.78 Å². The van der Waals surface area contributed by atoms with Gasteiger partial charge < -0.3 is 5.73 Å². The Bertz CT molecular complexity index is 360. The summed E-state index contributed by atoms with van der Waals surface area (Å²) in [6, 6.07) is 3.67. The van der Waals surface area contributed by atoms with Crippen molar-refractivity contribution in [1.29, 1.82) is 0 Å². The molecule has 0 radical (unpaired) electrons. The van der Waals surface area contributed by atoms with Crippen LogP contribution in [0.4, 0.5) is 5.69 Å². The van der Waals surface area contributed by atoms with Crippen molar-refractivity contribution < 1.29 is 4.79 Å². The second-order valence-corrected chi connectivity index (χ2v) is 3.76. The number of ketones is 1. The average molecular weight is 226 g/mol. The number of Topliss-reactive ketones (excluding diaryl/α,β-unsaturated/α-hetero) is 1. The molecule has 2 N–H and O–H groups in total. The zero-order chi connectivity index (χ0) is 8.72. The first-order chi connectivity index (χ1) is 5.70. The number of nitrogens with two attached hydrogens (primary N) is 1. The standard InChI is InChI=1S/C9H8BrNO/c10-7-3-1-5-6(9(7)11)2-4-8(5)12/h1,3H,2,4,11H2. The lowest BCUT2D eigenvalue weighted by Gasteiger charge is -2.03. The van der Waals surface area contributed by atoms with Crippen LogP contribution in [0, 0.1) is 0 Å². The first-order valence-electron chi connectivity index (χ1n) is 3.80. The third kappa shape index (κ3) is 0.966. The van der Waals surface area contributed by atoms with E-state index in [2.05, 4.69) is 15.9 Å². The van der Waals surface area contributed by atoms with Crippen LogP contribution in [0.3, 0.4) is 0 Å². The van der Waals surface area contributed by atoms with Gasteiger partial charge >= 0.3 is 0 Å². The van der Waals surface area contributed by atoms with Crippen LogP contribution in [-0.2, 0) is 6.42 Å². The van der Waals surface area contributed by atoms with E-state index in [1.807, 2.05) is 12.1 Å². The molecule has 1 aliphatic rings. The van der Waals surface area contributed by atoms with Gasteiger partial charge in [0, 0.05) is 22.1 Å². The highest BCUT2D eigenvalue weighted by Crippen LogP contribution is 2.32. The van der Waals surface area contributed by atoms with Crippen molar-refractivity contribution in [2.24, 2.45) is 0 Å². The molecule has 0 fully saturated rings. The summed E-state index contributed by atoms with van der Waals surface area (Å²) in [5.74, 6) is 0.212. The molecule has 0 unspecified atom stereocenters. The molecular formula is C9H8BrNO. The van der Waals surface area contributed by atoms with Gasteiger partial charge in [-0.3, -0.25) is 4.79 Å². The number of hydrogen-bond donors (Lipinski definition) is 1. The summed E-state index contributed by atoms with van der Waals surface area (Å²) in [5, 5.41) is 0. The molecule has 0 spiro atoms. The molecule has 3 heteroatoms. The van der Waals surface area contributed by atoms with Gasteiger partial charge in [-0.25, -0.2) is 0 Å². The predicted octanol–water partition coefficient (Wildman–Crippen LogP) is 2.16. The lowest BCUT2D eigenvalue weighted by Crippen LogP contribution is -1.96. The van der Waals surface area contributed by atoms with Crippen LogP contribution in [-0.4, -0.2) is 5.78 Å². The molecule has 12 heavy (non-hydrogen) atoms. The van der Waals surface area contributed by atoms with Crippen molar-refractivity contribution in [3.63, 3.8) is 0 Å². The van der Waals surface area contributed by atoms with Crippen LogP contribution < -0.4 is 5.73 Å². The third-order valence-electron chi connectivity index (χ3n) is 2.21. The van der Waals surface area contributed by atoms with Crippen molar-refractivity contribution in [3.8, 4) is 0 Å². The van der Waals surface area contributed by atoms with Gasteiger partial charge in [-0.15, -0.1) is 0 Å². The third-order valence-corrected chi connectivity index (χ3v) is 2.90. The van der Waals surface area contributed by atoms with Crippen molar-refractivity contribution in [2.45, 2.75) is 12.8 Å².